The second-order valence-corrected chi connectivity index (χ2v) is 4.17. The molecule has 14 heavy (non-hydrogen) atoms. The fourth-order valence-corrected chi connectivity index (χ4v) is 2.26. The van der Waals surface area contributed by atoms with Crippen LogP contribution in [0.3, 0.4) is 0 Å². The molecule has 2 atom stereocenters. The molecular weight excluding hydrogens is 174 g/mol. The van der Waals surface area contributed by atoms with Crippen LogP contribution in [-0.2, 0) is 0 Å². The Morgan fingerprint density at radius 3 is 3.00 bits per heavy atom. The molecule has 2 nitrogen and oxygen atoms in total. The Kier molecular flexibility index (Phi) is 2.73. The number of nitrogens with one attached hydrogen (secondary N) is 1. The van der Waals surface area contributed by atoms with E-state index in [4.69, 9.17) is 0 Å². The van der Waals surface area contributed by atoms with Crippen molar-refractivity contribution in [2.75, 3.05) is 13.1 Å². The summed E-state index contributed by atoms with van der Waals surface area (Å²) in [6.45, 7) is 4.44. The highest BCUT2D eigenvalue weighted by Crippen LogP contribution is 2.31. The zero-order valence-corrected chi connectivity index (χ0v) is 8.53. The van der Waals surface area contributed by atoms with E-state index in [-0.39, 0.29) is 0 Å². The van der Waals surface area contributed by atoms with Gasteiger partial charge in [-0.1, -0.05) is 19.1 Å². The second-order valence-electron chi connectivity index (χ2n) is 4.17. The summed E-state index contributed by atoms with van der Waals surface area (Å²) in [5, 5.41) is 12.8. The topological polar surface area (TPSA) is 32.3 Å². The Labute approximate surface area is 85.0 Å². The minimum Gasteiger partial charge on any atom is -0.508 e. The highest BCUT2D eigenvalue weighted by molar-refractivity contribution is 5.30. The zero-order chi connectivity index (χ0) is 9.97. The monoisotopic (exact) mass is 191 g/mol. The number of aromatic hydroxyl groups is 1. The van der Waals surface area contributed by atoms with Gasteiger partial charge < -0.3 is 10.4 Å². The minimum absolute atomic E-state index is 0.383. The quantitative estimate of drug-likeness (QED) is 0.712. The fourth-order valence-electron chi connectivity index (χ4n) is 2.26. The third-order valence-electron chi connectivity index (χ3n) is 3.08. The lowest BCUT2D eigenvalue weighted by Gasteiger charge is -2.29. The van der Waals surface area contributed by atoms with Crippen molar-refractivity contribution >= 4 is 0 Å². The highest BCUT2D eigenvalue weighted by atomic mass is 16.3. The van der Waals surface area contributed by atoms with Gasteiger partial charge in [0, 0.05) is 0 Å². The molecule has 1 aromatic carbocycles. The van der Waals surface area contributed by atoms with Crippen molar-refractivity contribution in [3.05, 3.63) is 29.8 Å². The summed E-state index contributed by atoms with van der Waals surface area (Å²) in [7, 11) is 0. The van der Waals surface area contributed by atoms with Crippen LogP contribution in [0.2, 0.25) is 0 Å². The molecule has 0 bridgehead atoms. The Bertz CT molecular complexity index is 311. The molecule has 0 aromatic heterocycles. The summed E-state index contributed by atoms with van der Waals surface area (Å²) in [6.07, 6.45) is 1.17. The summed E-state index contributed by atoms with van der Waals surface area (Å²) in [5.41, 5.74) is 1.28. The van der Waals surface area contributed by atoms with Gasteiger partial charge in [0.2, 0.25) is 0 Å². The molecule has 1 aromatic rings. The van der Waals surface area contributed by atoms with Gasteiger partial charge in [-0.2, -0.15) is 0 Å². The fraction of sp³-hybridized carbons (Fsp3) is 0.500. The normalized spacial score (nSPS) is 27.5. The lowest BCUT2D eigenvalue weighted by Crippen LogP contribution is -2.33. The number of piperidine rings is 1. The van der Waals surface area contributed by atoms with E-state index >= 15 is 0 Å². The van der Waals surface area contributed by atoms with Crippen LogP contribution in [0.15, 0.2) is 24.3 Å². The number of benzene rings is 1. The van der Waals surface area contributed by atoms with Crippen LogP contribution in [0.25, 0.3) is 0 Å². The largest absolute Gasteiger partial charge is 0.508 e. The first-order chi connectivity index (χ1) is 6.77. The molecule has 1 fully saturated rings. The van der Waals surface area contributed by atoms with Crippen molar-refractivity contribution in [1.82, 2.24) is 5.32 Å². The SMILES string of the molecule is CC1CNCCC1c1cccc(O)c1. The van der Waals surface area contributed by atoms with Gasteiger partial charge in [-0.3, -0.25) is 0 Å². The van der Waals surface area contributed by atoms with Gasteiger partial charge in [-0.15, -0.1) is 0 Å². The molecule has 2 rings (SSSR count). The molecule has 76 valence electrons. The van der Waals surface area contributed by atoms with Crippen LogP contribution in [-0.4, -0.2) is 18.2 Å². The first kappa shape index (κ1) is 9.53. The molecule has 0 saturated carbocycles. The molecule has 1 heterocycles. The van der Waals surface area contributed by atoms with Gasteiger partial charge in [0.15, 0.2) is 0 Å². The molecule has 1 aliphatic heterocycles. The predicted octanol–water partition coefficient (Wildman–Crippen LogP) is 2.11. The standard InChI is InChI=1S/C12H17NO/c1-9-8-13-6-5-12(9)10-3-2-4-11(14)7-10/h2-4,7,9,12-14H,5-6,8H2,1H3. The average molecular weight is 191 g/mol. The van der Waals surface area contributed by atoms with Gasteiger partial charge in [-0.05, 0) is 49.0 Å². The summed E-state index contributed by atoms with van der Waals surface area (Å²) in [4.78, 5) is 0. The van der Waals surface area contributed by atoms with E-state index in [0.717, 1.165) is 13.1 Å². The molecule has 1 aliphatic rings. The minimum atomic E-state index is 0.383. The Hall–Kier alpha value is -1.02. The molecule has 2 heteroatoms. The van der Waals surface area contributed by atoms with Gasteiger partial charge in [0.25, 0.3) is 0 Å². The summed E-state index contributed by atoms with van der Waals surface area (Å²) in [6, 6.07) is 7.67. The Morgan fingerprint density at radius 2 is 2.29 bits per heavy atom. The van der Waals surface area contributed by atoms with Crippen molar-refractivity contribution in [3.8, 4) is 5.75 Å². The molecule has 0 aliphatic carbocycles. The highest BCUT2D eigenvalue weighted by Gasteiger charge is 2.22. The van der Waals surface area contributed by atoms with Crippen LogP contribution in [0.1, 0.15) is 24.8 Å². The molecule has 2 unspecified atom stereocenters. The maximum absolute atomic E-state index is 9.41. The van der Waals surface area contributed by atoms with Gasteiger partial charge >= 0.3 is 0 Å². The van der Waals surface area contributed by atoms with Crippen LogP contribution >= 0.6 is 0 Å². The molecule has 1 saturated heterocycles. The third-order valence-corrected chi connectivity index (χ3v) is 3.08. The van der Waals surface area contributed by atoms with Crippen molar-refractivity contribution in [2.24, 2.45) is 5.92 Å². The lowest BCUT2D eigenvalue weighted by atomic mass is 9.82. The summed E-state index contributed by atoms with van der Waals surface area (Å²) < 4.78 is 0. The molecule has 0 spiro atoms. The van der Waals surface area contributed by atoms with Crippen LogP contribution in [0.5, 0.6) is 5.75 Å². The van der Waals surface area contributed by atoms with E-state index in [2.05, 4.69) is 18.3 Å². The van der Waals surface area contributed by atoms with E-state index in [1.807, 2.05) is 12.1 Å². The van der Waals surface area contributed by atoms with Crippen LogP contribution in [0.4, 0.5) is 0 Å². The van der Waals surface area contributed by atoms with Crippen molar-refractivity contribution in [1.29, 1.82) is 0 Å². The second kappa shape index (κ2) is 4.01. The molecular formula is C12H17NO. The first-order valence-corrected chi connectivity index (χ1v) is 5.27. The maximum Gasteiger partial charge on any atom is 0.115 e. The van der Waals surface area contributed by atoms with E-state index in [1.54, 1.807) is 6.07 Å². The van der Waals surface area contributed by atoms with Crippen molar-refractivity contribution in [3.63, 3.8) is 0 Å². The third kappa shape index (κ3) is 1.90. The van der Waals surface area contributed by atoms with Crippen molar-refractivity contribution < 1.29 is 5.11 Å². The number of phenols is 1. The first-order valence-electron chi connectivity index (χ1n) is 5.27. The lowest BCUT2D eigenvalue weighted by molar-refractivity contribution is 0.348. The zero-order valence-electron chi connectivity index (χ0n) is 8.53. The summed E-state index contributed by atoms with van der Waals surface area (Å²) in [5.74, 6) is 1.64. The van der Waals surface area contributed by atoms with Crippen LogP contribution in [0, 0.1) is 5.92 Å². The Morgan fingerprint density at radius 1 is 1.43 bits per heavy atom. The number of rotatable bonds is 1. The average Bonchev–Trinajstić information content (AvgIpc) is 2.18. The number of phenolic OH excluding ortho intramolecular Hbond substituents is 1. The maximum atomic E-state index is 9.41. The predicted molar refractivity (Wildman–Crippen MR) is 57.5 cm³/mol. The Balaban J connectivity index is 2.20. The van der Waals surface area contributed by atoms with E-state index in [9.17, 15) is 5.11 Å². The van der Waals surface area contributed by atoms with Crippen LogP contribution < -0.4 is 5.32 Å². The van der Waals surface area contributed by atoms with Crippen molar-refractivity contribution in [2.45, 2.75) is 19.3 Å². The van der Waals surface area contributed by atoms with E-state index in [0.29, 0.717) is 17.6 Å². The molecule has 2 N–H and O–H groups in total. The van der Waals surface area contributed by atoms with E-state index < -0.39 is 0 Å². The van der Waals surface area contributed by atoms with Gasteiger partial charge in [0.1, 0.15) is 5.75 Å². The number of hydrogen-bond acceptors (Lipinski definition) is 2. The van der Waals surface area contributed by atoms with Gasteiger partial charge in [0.05, 0.1) is 0 Å². The summed E-state index contributed by atoms with van der Waals surface area (Å²) >= 11 is 0. The molecule has 0 radical (unpaired) electrons. The number of hydrogen-bond donors (Lipinski definition) is 2. The molecule has 0 amide bonds. The van der Waals surface area contributed by atoms with Gasteiger partial charge in [-0.25, -0.2) is 0 Å². The smallest absolute Gasteiger partial charge is 0.115 e. The van der Waals surface area contributed by atoms with E-state index in [1.165, 1.54) is 12.0 Å².